The van der Waals surface area contributed by atoms with E-state index in [4.69, 9.17) is 5.26 Å². The first-order valence-electron chi connectivity index (χ1n) is 9.19. The highest BCUT2D eigenvalue weighted by molar-refractivity contribution is 6.37. The van der Waals surface area contributed by atoms with E-state index in [2.05, 4.69) is 16.7 Å². The number of nitro groups is 1. The van der Waals surface area contributed by atoms with Gasteiger partial charge in [-0.1, -0.05) is 42.5 Å². The van der Waals surface area contributed by atoms with Crippen LogP contribution in [0.1, 0.15) is 16.7 Å². The van der Waals surface area contributed by atoms with Gasteiger partial charge in [-0.25, -0.2) is 0 Å². The van der Waals surface area contributed by atoms with Crippen molar-refractivity contribution in [1.82, 2.24) is 0 Å². The van der Waals surface area contributed by atoms with Gasteiger partial charge in [0.05, 0.1) is 28.7 Å². The van der Waals surface area contributed by atoms with Gasteiger partial charge < -0.3 is 10.6 Å². The van der Waals surface area contributed by atoms with Crippen LogP contribution in [0.4, 0.5) is 17.1 Å². The molecule has 4 rings (SSSR count). The number of nitrogens with zero attached hydrogens (tertiary/aromatic N) is 2. The number of nitrogens with one attached hydrogen (secondary N) is 2. The van der Waals surface area contributed by atoms with Gasteiger partial charge in [-0.15, -0.1) is 0 Å². The fourth-order valence-corrected chi connectivity index (χ4v) is 3.34. The van der Waals surface area contributed by atoms with E-state index >= 15 is 0 Å². The number of anilines is 2. The third-order valence-electron chi connectivity index (χ3n) is 4.78. The quantitative estimate of drug-likeness (QED) is 0.372. The average molecular weight is 396 g/mol. The Hall–Kier alpha value is -4.44. The van der Waals surface area contributed by atoms with Gasteiger partial charge in [0.25, 0.3) is 11.6 Å². The SMILES string of the molecule is N#CCc1ccc(NC(=C2C(=O)Nc3ccc([N+](=O)[O-])cc32)c2ccccc2)cc1. The molecule has 0 saturated carbocycles. The Morgan fingerprint density at radius 3 is 2.47 bits per heavy atom. The van der Waals surface area contributed by atoms with Crippen molar-refractivity contribution in [3.8, 4) is 6.07 Å². The third-order valence-corrected chi connectivity index (χ3v) is 4.78. The predicted octanol–water partition coefficient (Wildman–Crippen LogP) is 4.59. The van der Waals surface area contributed by atoms with Crippen molar-refractivity contribution < 1.29 is 9.72 Å². The second-order valence-electron chi connectivity index (χ2n) is 6.71. The largest absolute Gasteiger partial charge is 0.354 e. The molecule has 30 heavy (non-hydrogen) atoms. The molecule has 0 radical (unpaired) electrons. The lowest BCUT2D eigenvalue weighted by molar-refractivity contribution is -0.384. The molecule has 1 aliphatic heterocycles. The van der Waals surface area contributed by atoms with E-state index in [1.807, 2.05) is 54.6 Å². The summed E-state index contributed by atoms with van der Waals surface area (Å²) in [5.41, 5.74) is 4.17. The van der Waals surface area contributed by atoms with Gasteiger partial charge >= 0.3 is 0 Å². The van der Waals surface area contributed by atoms with E-state index in [-0.39, 0.29) is 11.6 Å². The van der Waals surface area contributed by atoms with E-state index in [0.717, 1.165) is 16.8 Å². The number of fused-ring (bicyclic) bond motifs is 1. The lowest BCUT2D eigenvalue weighted by Gasteiger charge is -2.15. The van der Waals surface area contributed by atoms with Crippen LogP contribution in [-0.4, -0.2) is 10.8 Å². The number of hydrogen-bond acceptors (Lipinski definition) is 5. The zero-order valence-electron chi connectivity index (χ0n) is 15.8. The van der Waals surface area contributed by atoms with Crippen molar-refractivity contribution in [1.29, 1.82) is 5.26 Å². The number of benzene rings is 3. The van der Waals surface area contributed by atoms with Crippen molar-refractivity contribution in [3.63, 3.8) is 0 Å². The number of carbonyl (C=O) groups is 1. The Labute approximate surface area is 172 Å². The molecule has 1 amide bonds. The summed E-state index contributed by atoms with van der Waals surface area (Å²) in [5, 5.41) is 26.2. The van der Waals surface area contributed by atoms with Gasteiger partial charge in [0.2, 0.25) is 0 Å². The van der Waals surface area contributed by atoms with Gasteiger partial charge in [-0.05, 0) is 29.3 Å². The van der Waals surface area contributed by atoms with Crippen LogP contribution in [-0.2, 0) is 11.2 Å². The Kier molecular flexibility index (Phi) is 4.97. The molecule has 0 aromatic heterocycles. The topological polar surface area (TPSA) is 108 Å². The second-order valence-corrected chi connectivity index (χ2v) is 6.71. The van der Waals surface area contributed by atoms with Crippen LogP contribution in [0.5, 0.6) is 0 Å². The van der Waals surface area contributed by atoms with Crippen molar-refractivity contribution in [2.24, 2.45) is 0 Å². The molecule has 7 heteroatoms. The number of nitro benzene ring substituents is 1. The van der Waals surface area contributed by atoms with Crippen molar-refractivity contribution in [3.05, 3.63) is 99.6 Å². The summed E-state index contributed by atoms with van der Waals surface area (Å²) in [7, 11) is 0. The Morgan fingerprint density at radius 2 is 1.80 bits per heavy atom. The molecule has 0 saturated heterocycles. The highest BCUT2D eigenvalue weighted by Gasteiger charge is 2.30. The first-order chi connectivity index (χ1) is 14.6. The van der Waals surface area contributed by atoms with E-state index < -0.39 is 4.92 Å². The minimum atomic E-state index is -0.482. The number of carbonyl (C=O) groups excluding carboxylic acids is 1. The monoisotopic (exact) mass is 396 g/mol. The van der Waals surface area contributed by atoms with Crippen LogP contribution < -0.4 is 10.6 Å². The Morgan fingerprint density at radius 1 is 1.07 bits per heavy atom. The van der Waals surface area contributed by atoms with Gasteiger partial charge in [-0.3, -0.25) is 14.9 Å². The molecule has 0 unspecified atom stereocenters. The standard InChI is InChI=1S/C23H16N4O3/c24-13-12-15-6-8-17(9-7-15)25-22(16-4-2-1-3-5-16)21-19-14-18(27(29)30)10-11-20(19)26-23(21)28/h1-11,14,25H,12H2,(H,26,28). The molecule has 0 aliphatic carbocycles. The number of amides is 1. The predicted molar refractivity (Wildman–Crippen MR) is 114 cm³/mol. The smallest absolute Gasteiger partial charge is 0.270 e. The normalized spacial score (nSPS) is 13.8. The van der Waals surface area contributed by atoms with Gasteiger partial charge in [0, 0.05) is 29.1 Å². The second kappa shape index (κ2) is 7.89. The molecule has 1 aliphatic rings. The van der Waals surface area contributed by atoms with E-state index in [9.17, 15) is 14.9 Å². The summed E-state index contributed by atoms with van der Waals surface area (Å²) in [4.78, 5) is 23.6. The summed E-state index contributed by atoms with van der Waals surface area (Å²) >= 11 is 0. The molecule has 0 spiro atoms. The fourth-order valence-electron chi connectivity index (χ4n) is 3.34. The molecule has 0 fully saturated rings. The first kappa shape index (κ1) is 18.9. The maximum atomic E-state index is 12.8. The maximum Gasteiger partial charge on any atom is 0.270 e. The molecule has 146 valence electrons. The number of rotatable bonds is 5. The summed E-state index contributed by atoms with van der Waals surface area (Å²) in [6.07, 6.45) is 0.312. The molecule has 0 bridgehead atoms. The number of nitriles is 1. The lowest BCUT2D eigenvalue weighted by atomic mass is 9.99. The van der Waals surface area contributed by atoms with Crippen molar-refractivity contribution in [2.45, 2.75) is 6.42 Å². The summed E-state index contributed by atoms with van der Waals surface area (Å²) in [5.74, 6) is -0.335. The van der Waals surface area contributed by atoms with Crippen LogP contribution >= 0.6 is 0 Å². The molecular formula is C23H16N4O3. The van der Waals surface area contributed by atoms with Crippen molar-refractivity contribution >= 4 is 34.2 Å². The molecule has 3 aromatic rings. The third kappa shape index (κ3) is 3.62. The van der Waals surface area contributed by atoms with E-state index in [0.29, 0.717) is 28.9 Å². The summed E-state index contributed by atoms with van der Waals surface area (Å²) in [6, 6.07) is 23.1. The Balaban J connectivity index is 1.86. The molecule has 1 heterocycles. The zero-order valence-corrected chi connectivity index (χ0v) is 15.8. The van der Waals surface area contributed by atoms with Crippen LogP contribution in [0.3, 0.4) is 0 Å². The lowest BCUT2D eigenvalue weighted by Crippen LogP contribution is -2.10. The van der Waals surface area contributed by atoms with Crippen LogP contribution in [0, 0.1) is 21.4 Å². The summed E-state index contributed by atoms with van der Waals surface area (Å²) < 4.78 is 0. The fraction of sp³-hybridized carbons (Fsp3) is 0.0435. The average Bonchev–Trinajstić information content (AvgIpc) is 3.09. The summed E-state index contributed by atoms with van der Waals surface area (Å²) in [6.45, 7) is 0. The molecule has 0 atom stereocenters. The van der Waals surface area contributed by atoms with Crippen LogP contribution in [0.15, 0.2) is 72.8 Å². The minimum Gasteiger partial charge on any atom is -0.354 e. The molecule has 3 aromatic carbocycles. The maximum absolute atomic E-state index is 12.8. The van der Waals surface area contributed by atoms with Crippen LogP contribution in [0.25, 0.3) is 11.3 Å². The van der Waals surface area contributed by atoms with Gasteiger partial charge in [0.1, 0.15) is 0 Å². The molecule has 2 N–H and O–H groups in total. The van der Waals surface area contributed by atoms with Crippen LogP contribution in [0.2, 0.25) is 0 Å². The number of hydrogen-bond donors (Lipinski definition) is 2. The highest BCUT2D eigenvalue weighted by Crippen LogP contribution is 2.39. The zero-order chi connectivity index (χ0) is 21.1. The number of non-ortho nitro benzene ring substituents is 1. The molecule has 7 nitrogen and oxygen atoms in total. The minimum absolute atomic E-state index is 0.0870. The van der Waals surface area contributed by atoms with E-state index in [1.165, 1.54) is 18.2 Å². The Bertz CT molecular complexity index is 1210. The first-order valence-corrected chi connectivity index (χ1v) is 9.19. The van der Waals surface area contributed by atoms with E-state index in [1.54, 1.807) is 0 Å². The van der Waals surface area contributed by atoms with Gasteiger partial charge in [-0.2, -0.15) is 5.26 Å². The molecular weight excluding hydrogens is 380 g/mol. The van der Waals surface area contributed by atoms with Gasteiger partial charge in [0.15, 0.2) is 0 Å². The highest BCUT2D eigenvalue weighted by atomic mass is 16.6. The van der Waals surface area contributed by atoms with Crippen molar-refractivity contribution in [2.75, 3.05) is 10.6 Å².